The lowest BCUT2D eigenvalue weighted by atomic mass is 9.97. The average molecular weight is 270 g/mol. The van der Waals surface area contributed by atoms with Crippen molar-refractivity contribution >= 4 is 6.09 Å². The number of rotatable bonds is 3. The molecule has 1 aliphatic rings. The Morgan fingerprint density at radius 1 is 1.32 bits per heavy atom. The smallest absolute Gasteiger partial charge is 0.407 e. The van der Waals surface area contributed by atoms with Crippen LogP contribution in [0.1, 0.15) is 47.5 Å². The maximum absolute atomic E-state index is 11.5. The number of carbonyl (C=O) groups is 1. The van der Waals surface area contributed by atoms with Gasteiger partial charge in [-0.3, -0.25) is 0 Å². The molecule has 0 aromatic heterocycles. The molecule has 2 atom stereocenters. The minimum Gasteiger partial charge on any atom is -0.444 e. The first-order valence-electron chi connectivity index (χ1n) is 7.45. The lowest BCUT2D eigenvalue weighted by Crippen LogP contribution is -2.39. The number of carbonyl (C=O) groups excluding carboxylic acids is 1. The van der Waals surface area contributed by atoms with Crippen molar-refractivity contribution in [3.8, 4) is 0 Å². The normalized spacial score (nSPS) is 25.7. The van der Waals surface area contributed by atoms with Gasteiger partial charge in [0.15, 0.2) is 0 Å². The van der Waals surface area contributed by atoms with Crippen molar-refractivity contribution in [1.29, 1.82) is 0 Å². The summed E-state index contributed by atoms with van der Waals surface area (Å²) in [7, 11) is 0. The molecule has 0 spiro atoms. The molecule has 1 saturated heterocycles. The van der Waals surface area contributed by atoms with Crippen molar-refractivity contribution in [3.63, 3.8) is 0 Å². The number of nitrogens with one attached hydrogen (secondary N) is 1. The molecule has 1 heterocycles. The minimum atomic E-state index is -0.420. The van der Waals surface area contributed by atoms with E-state index < -0.39 is 5.60 Å². The standard InChI is InChI=1S/C15H30N2O2/c1-12-6-8-17(11-13(2)10-12)9-7-16-14(18)19-15(3,4)5/h12-13H,6-11H2,1-5H3,(H,16,18)/t12-,13-/m1/s1. The van der Waals surface area contributed by atoms with Crippen LogP contribution in [0.15, 0.2) is 0 Å². The molecule has 1 amide bonds. The molecule has 0 unspecified atom stereocenters. The van der Waals surface area contributed by atoms with Crippen LogP contribution >= 0.6 is 0 Å². The summed E-state index contributed by atoms with van der Waals surface area (Å²) in [6.07, 6.45) is 2.26. The van der Waals surface area contributed by atoms with Gasteiger partial charge in [-0.25, -0.2) is 4.79 Å². The van der Waals surface area contributed by atoms with E-state index in [1.165, 1.54) is 12.8 Å². The van der Waals surface area contributed by atoms with Crippen LogP contribution in [-0.2, 0) is 4.74 Å². The highest BCUT2D eigenvalue weighted by molar-refractivity contribution is 5.67. The van der Waals surface area contributed by atoms with E-state index in [4.69, 9.17) is 4.74 Å². The molecule has 0 radical (unpaired) electrons. The van der Waals surface area contributed by atoms with Gasteiger partial charge in [0.1, 0.15) is 5.60 Å². The second kappa shape index (κ2) is 7.13. The van der Waals surface area contributed by atoms with Crippen LogP contribution in [0.25, 0.3) is 0 Å². The number of hydrogen-bond donors (Lipinski definition) is 1. The second-order valence-corrected chi connectivity index (χ2v) is 6.96. The molecule has 1 fully saturated rings. The van der Waals surface area contributed by atoms with Crippen molar-refractivity contribution in [2.75, 3.05) is 26.2 Å². The van der Waals surface area contributed by atoms with Gasteiger partial charge in [0.2, 0.25) is 0 Å². The number of likely N-dealkylation sites (tertiary alicyclic amines) is 1. The average Bonchev–Trinajstić information content (AvgIpc) is 2.37. The van der Waals surface area contributed by atoms with Crippen LogP contribution in [0.2, 0.25) is 0 Å². The van der Waals surface area contributed by atoms with E-state index >= 15 is 0 Å². The number of ether oxygens (including phenoxy) is 1. The molecule has 1 N–H and O–H groups in total. The summed E-state index contributed by atoms with van der Waals surface area (Å²) in [5.74, 6) is 1.57. The van der Waals surface area contributed by atoms with Gasteiger partial charge in [0.25, 0.3) is 0 Å². The molecule has 4 nitrogen and oxygen atoms in total. The summed E-state index contributed by atoms with van der Waals surface area (Å²) in [5.41, 5.74) is -0.420. The number of alkyl carbamates (subject to hydrolysis) is 1. The Morgan fingerprint density at radius 2 is 2.00 bits per heavy atom. The Balaban J connectivity index is 2.23. The van der Waals surface area contributed by atoms with Gasteiger partial charge in [-0.2, -0.15) is 0 Å². The van der Waals surface area contributed by atoms with Crippen LogP contribution in [0.3, 0.4) is 0 Å². The highest BCUT2D eigenvalue weighted by atomic mass is 16.6. The second-order valence-electron chi connectivity index (χ2n) is 6.96. The third-order valence-electron chi connectivity index (χ3n) is 3.41. The van der Waals surface area contributed by atoms with Crippen LogP contribution < -0.4 is 5.32 Å². The Labute approximate surface area is 117 Å². The molecule has 112 valence electrons. The van der Waals surface area contributed by atoms with Crippen LogP contribution in [0, 0.1) is 11.8 Å². The van der Waals surface area contributed by atoms with Crippen LogP contribution in [0.4, 0.5) is 4.79 Å². The van der Waals surface area contributed by atoms with Crippen molar-refractivity contribution in [2.45, 2.75) is 53.1 Å². The summed E-state index contributed by atoms with van der Waals surface area (Å²) in [4.78, 5) is 14.0. The minimum absolute atomic E-state index is 0.316. The van der Waals surface area contributed by atoms with Gasteiger partial charge in [-0.05, 0) is 52.0 Å². The fraction of sp³-hybridized carbons (Fsp3) is 0.933. The van der Waals surface area contributed by atoms with E-state index in [0.717, 1.165) is 31.5 Å². The molecule has 0 aliphatic carbocycles. The van der Waals surface area contributed by atoms with Gasteiger partial charge in [-0.15, -0.1) is 0 Å². The Hall–Kier alpha value is -0.770. The van der Waals surface area contributed by atoms with Gasteiger partial charge in [-0.1, -0.05) is 13.8 Å². The predicted octanol–water partition coefficient (Wildman–Crippen LogP) is 2.88. The van der Waals surface area contributed by atoms with Crippen molar-refractivity contribution < 1.29 is 9.53 Å². The van der Waals surface area contributed by atoms with Crippen molar-refractivity contribution in [2.24, 2.45) is 11.8 Å². The predicted molar refractivity (Wildman–Crippen MR) is 78.2 cm³/mol. The van der Waals surface area contributed by atoms with Gasteiger partial charge >= 0.3 is 6.09 Å². The third kappa shape index (κ3) is 7.41. The monoisotopic (exact) mass is 270 g/mol. The lowest BCUT2D eigenvalue weighted by molar-refractivity contribution is 0.0521. The van der Waals surface area contributed by atoms with E-state index in [9.17, 15) is 4.79 Å². The zero-order chi connectivity index (χ0) is 14.5. The molecule has 0 aromatic rings. The van der Waals surface area contributed by atoms with Crippen molar-refractivity contribution in [3.05, 3.63) is 0 Å². The highest BCUT2D eigenvalue weighted by Gasteiger charge is 2.19. The largest absolute Gasteiger partial charge is 0.444 e. The summed E-state index contributed by atoms with van der Waals surface area (Å²) in [6.45, 7) is 14.1. The molecule has 0 saturated carbocycles. The zero-order valence-corrected chi connectivity index (χ0v) is 13.2. The Morgan fingerprint density at radius 3 is 2.63 bits per heavy atom. The summed E-state index contributed by atoms with van der Waals surface area (Å²) >= 11 is 0. The summed E-state index contributed by atoms with van der Waals surface area (Å²) in [5, 5.41) is 2.83. The third-order valence-corrected chi connectivity index (χ3v) is 3.41. The van der Waals surface area contributed by atoms with Gasteiger partial charge in [0, 0.05) is 19.6 Å². The van der Waals surface area contributed by atoms with E-state index in [1.807, 2.05) is 20.8 Å². The van der Waals surface area contributed by atoms with Crippen molar-refractivity contribution in [1.82, 2.24) is 10.2 Å². The highest BCUT2D eigenvalue weighted by Crippen LogP contribution is 2.20. The summed E-state index contributed by atoms with van der Waals surface area (Å²) in [6, 6.07) is 0. The zero-order valence-electron chi connectivity index (χ0n) is 13.2. The molecule has 0 aromatic carbocycles. The lowest BCUT2D eigenvalue weighted by Gasteiger charge is -2.23. The molecule has 4 heteroatoms. The quantitative estimate of drug-likeness (QED) is 0.857. The van der Waals surface area contributed by atoms with E-state index in [-0.39, 0.29) is 6.09 Å². The first-order valence-corrected chi connectivity index (χ1v) is 7.45. The maximum atomic E-state index is 11.5. The molecule has 1 rings (SSSR count). The fourth-order valence-corrected chi connectivity index (χ4v) is 2.65. The molecular formula is C15H30N2O2. The van der Waals surface area contributed by atoms with Gasteiger partial charge in [0.05, 0.1) is 0 Å². The summed E-state index contributed by atoms with van der Waals surface area (Å²) < 4.78 is 5.22. The first kappa shape index (κ1) is 16.3. The molecule has 1 aliphatic heterocycles. The topological polar surface area (TPSA) is 41.6 Å². The first-order chi connectivity index (χ1) is 8.76. The van der Waals surface area contributed by atoms with E-state index in [1.54, 1.807) is 0 Å². The van der Waals surface area contributed by atoms with E-state index in [0.29, 0.717) is 6.54 Å². The Kier molecular flexibility index (Phi) is 6.11. The van der Waals surface area contributed by atoms with Crippen LogP contribution in [0.5, 0.6) is 0 Å². The van der Waals surface area contributed by atoms with Gasteiger partial charge < -0.3 is 15.0 Å². The number of amides is 1. The van der Waals surface area contributed by atoms with Crippen LogP contribution in [-0.4, -0.2) is 42.8 Å². The Bertz CT molecular complexity index is 286. The van der Waals surface area contributed by atoms with E-state index in [2.05, 4.69) is 24.1 Å². The fourth-order valence-electron chi connectivity index (χ4n) is 2.65. The SMILES string of the molecule is C[C@@H]1CCN(CCNC(=O)OC(C)(C)C)C[C@H](C)C1. The molecule has 19 heavy (non-hydrogen) atoms. The number of hydrogen-bond acceptors (Lipinski definition) is 3. The molecule has 0 bridgehead atoms. The maximum Gasteiger partial charge on any atom is 0.407 e. The molecular weight excluding hydrogens is 240 g/mol. The number of nitrogens with zero attached hydrogens (tertiary/aromatic N) is 1.